The molecular formula is C62H108N10O16. The van der Waals surface area contributed by atoms with Gasteiger partial charge in [-0.2, -0.15) is 0 Å². The standard InChI is InChI=1S/C62H108N10O16/c1-57(2,3)83-50(75)41-65-23-19-63(20-24-66(42-51(76)84-58(4,5)6)28-32-69(31-27-65)45-54(79)87-61(13,14)15)39-48(73)71-35-36-72(38-47(37-71)56(81)82)49(74)40-64-21-25-67(43-52(77)85-59(7,8)9)29-33-70(46-55(80)88-62(16,17)18)34-30-68(26-22-64)44-53(78)86-60(10,11)12/h19,21,23,25,47H,20,22,24,26-46H2,1-18H3,(H,81,82)/b23-19-,25-21-. The minimum absolute atomic E-state index is 0.00209. The van der Waals surface area contributed by atoms with Gasteiger partial charge in [0, 0.05) is 130 Å². The summed E-state index contributed by atoms with van der Waals surface area (Å²) in [6, 6.07) is 0. The van der Waals surface area contributed by atoms with Crippen LogP contribution in [0.15, 0.2) is 24.8 Å². The number of carboxylic acid groups (broad SMARTS) is 1. The van der Waals surface area contributed by atoms with E-state index in [0.29, 0.717) is 39.3 Å². The number of amides is 2. The predicted octanol–water partition coefficient (Wildman–Crippen LogP) is 2.79. The maximum Gasteiger partial charge on any atom is 0.326 e. The summed E-state index contributed by atoms with van der Waals surface area (Å²) in [5.41, 5.74) is -4.52. The average molecular weight is 1250 g/mol. The molecule has 26 nitrogen and oxygen atoms in total. The quantitative estimate of drug-likeness (QED) is 0.162. The van der Waals surface area contributed by atoms with Crippen LogP contribution in [0.25, 0.3) is 0 Å². The van der Waals surface area contributed by atoms with Crippen molar-refractivity contribution in [3.8, 4) is 0 Å². The van der Waals surface area contributed by atoms with Crippen molar-refractivity contribution in [2.45, 2.75) is 158 Å². The molecule has 3 rings (SSSR count). The van der Waals surface area contributed by atoms with Gasteiger partial charge < -0.3 is 62.9 Å². The van der Waals surface area contributed by atoms with Gasteiger partial charge in [0.1, 0.15) is 46.7 Å². The monoisotopic (exact) mass is 1250 g/mol. The van der Waals surface area contributed by atoms with Gasteiger partial charge in [-0.1, -0.05) is 0 Å². The molecule has 0 atom stereocenters. The van der Waals surface area contributed by atoms with Gasteiger partial charge in [0.15, 0.2) is 0 Å². The number of nitrogens with zero attached hydrogens (tertiary/aromatic N) is 10. The van der Waals surface area contributed by atoms with Crippen molar-refractivity contribution in [1.82, 2.24) is 49.0 Å². The topological polar surface area (TPSA) is 262 Å². The molecule has 1 saturated heterocycles. The molecule has 26 heteroatoms. The fourth-order valence-electron chi connectivity index (χ4n) is 9.40. The molecule has 2 amide bonds. The summed E-state index contributed by atoms with van der Waals surface area (Å²) in [7, 11) is 0. The highest BCUT2D eigenvalue weighted by atomic mass is 16.6. The summed E-state index contributed by atoms with van der Waals surface area (Å²) in [5.74, 6) is -6.03. The van der Waals surface area contributed by atoms with Crippen molar-refractivity contribution in [3.63, 3.8) is 0 Å². The minimum Gasteiger partial charge on any atom is -0.481 e. The molecule has 0 spiro atoms. The number of hydrogen-bond acceptors (Lipinski definition) is 23. The molecule has 0 aromatic rings. The van der Waals surface area contributed by atoms with E-state index in [1.165, 1.54) is 9.80 Å². The number of carboxylic acids is 1. The first-order valence-corrected chi connectivity index (χ1v) is 30.7. The average Bonchev–Trinajstić information content (AvgIpc) is 3.85. The Morgan fingerprint density at radius 2 is 0.500 bits per heavy atom. The zero-order chi connectivity index (χ0) is 66.6. The van der Waals surface area contributed by atoms with E-state index < -0.39 is 93.1 Å². The van der Waals surface area contributed by atoms with Crippen molar-refractivity contribution < 1.29 is 76.7 Å². The van der Waals surface area contributed by atoms with E-state index in [4.69, 9.17) is 28.4 Å². The number of carbonyl (C=O) groups excluding carboxylic acids is 8. The normalized spacial score (nSPS) is 18.9. The predicted molar refractivity (Wildman–Crippen MR) is 330 cm³/mol. The molecule has 0 bridgehead atoms. The van der Waals surface area contributed by atoms with Crippen LogP contribution in [-0.2, 0) is 71.6 Å². The Hall–Kier alpha value is -6.25. The zero-order valence-electron chi connectivity index (χ0n) is 56.4. The van der Waals surface area contributed by atoms with Gasteiger partial charge in [-0.15, -0.1) is 0 Å². The van der Waals surface area contributed by atoms with Crippen molar-refractivity contribution in [3.05, 3.63) is 24.8 Å². The van der Waals surface area contributed by atoms with Crippen LogP contribution in [0, 0.1) is 5.92 Å². The lowest BCUT2D eigenvalue weighted by Gasteiger charge is -2.33. The summed E-state index contributed by atoms with van der Waals surface area (Å²) in [5, 5.41) is 10.6. The van der Waals surface area contributed by atoms with E-state index in [9.17, 15) is 48.3 Å². The second-order valence-corrected chi connectivity index (χ2v) is 28.8. The Labute approximate surface area is 523 Å². The van der Waals surface area contributed by atoms with E-state index in [-0.39, 0.29) is 118 Å². The lowest BCUT2D eigenvalue weighted by molar-refractivity contribution is -0.158. The highest BCUT2D eigenvalue weighted by Gasteiger charge is 2.34. The second-order valence-electron chi connectivity index (χ2n) is 28.8. The number of hydrogen-bond donors (Lipinski definition) is 1. The van der Waals surface area contributed by atoms with Gasteiger partial charge in [-0.05, 0) is 125 Å². The third kappa shape index (κ3) is 33.9. The SMILES string of the molecule is CC(C)(C)OC(=O)CN1/C=C\N(CC(=O)N2CCN(C(=O)CN3/C=C\N(CC(=O)OC(C)(C)C)CCN(CC(=O)OC(C)(C)C)CCN(CC(=O)OC(C)(C)C)CC3)CC(C(=O)O)C2)CCN(CC(=O)OC(C)(C)C)CCN(CC(=O)OC(C)(C)C)CC1. The number of carbonyl (C=O) groups is 9. The van der Waals surface area contributed by atoms with Gasteiger partial charge >= 0.3 is 41.8 Å². The molecule has 88 heavy (non-hydrogen) atoms. The molecule has 3 heterocycles. The first kappa shape index (κ1) is 76.0. The summed E-state index contributed by atoms with van der Waals surface area (Å²) in [4.78, 5) is 139. The van der Waals surface area contributed by atoms with E-state index >= 15 is 0 Å². The van der Waals surface area contributed by atoms with Crippen LogP contribution in [0.3, 0.4) is 0 Å². The number of rotatable bonds is 17. The maximum absolute atomic E-state index is 14.6. The smallest absolute Gasteiger partial charge is 0.326 e. The number of ether oxygens (including phenoxy) is 6. The molecule has 0 aromatic heterocycles. The first-order chi connectivity index (χ1) is 40.4. The Bertz CT molecular complexity index is 2240. The Kier molecular flexibility index (Phi) is 29.0. The summed E-state index contributed by atoms with van der Waals surface area (Å²) in [6.07, 6.45) is 6.69. The fourth-order valence-corrected chi connectivity index (χ4v) is 9.40. The molecule has 0 aromatic carbocycles. The molecule has 0 radical (unpaired) electrons. The maximum atomic E-state index is 14.6. The van der Waals surface area contributed by atoms with Crippen molar-refractivity contribution in [1.29, 1.82) is 0 Å². The van der Waals surface area contributed by atoms with Crippen LogP contribution in [0.5, 0.6) is 0 Å². The molecule has 3 aliphatic rings. The number of esters is 6. The van der Waals surface area contributed by atoms with E-state index in [2.05, 4.69) is 0 Å². The zero-order valence-corrected chi connectivity index (χ0v) is 56.4. The molecule has 3 aliphatic heterocycles. The largest absolute Gasteiger partial charge is 0.481 e. The van der Waals surface area contributed by atoms with E-state index in [1.54, 1.807) is 169 Å². The molecule has 1 fully saturated rings. The van der Waals surface area contributed by atoms with Crippen LogP contribution >= 0.6 is 0 Å². The molecule has 0 aliphatic carbocycles. The van der Waals surface area contributed by atoms with Crippen molar-refractivity contribution in [2.24, 2.45) is 5.92 Å². The molecule has 1 N–H and O–H groups in total. The second kappa shape index (κ2) is 33.5. The Morgan fingerprint density at radius 1 is 0.307 bits per heavy atom. The van der Waals surface area contributed by atoms with E-state index in [1.807, 2.05) is 19.6 Å². The summed E-state index contributed by atoms with van der Waals surface area (Å²) in [6.45, 7) is 33.7. The Balaban J connectivity index is 1.99. The van der Waals surface area contributed by atoms with Gasteiger partial charge in [-0.25, -0.2) is 0 Å². The molecule has 0 unspecified atom stereocenters. The highest BCUT2D eigenvalue weighted by Crippen LogP contribution is 2.17. The number of aliphatic carboxylic acids is 1. The third-order valence-corrected chi connectivity index (χ3v) is 13.1. The van der Waals surface area contributed by atoms with Crippen LogP contribution in [0.2, 0.25) is 0 Å². The fraction of sp³-hybridized carbons (Fsp3) is 0.790. The Morgan fingerprint density at radius 3 is 0.705 bits per heavy atom. The van der Waals surface area contributed by atoms with Gasteiger partial charge in [0.05, 0.1) is 45.2 Å². The third-order valence-electron chi connectivity index (χ3n) is 13.1. The van der Waals surface area contributed by atoms with Crippen LogP contribution in [-0.4, -0.2) is 298 Å². The van der Waals surface area contributed by atoms with E-state index in [0.717, 1.165) is 0 Å². The minimum atomic E-state index is -1.21. The molecule has 0 saturated carbocycles. The van der Waals surface area contributed by atoms with Crippen molar-refractivity contribution in [2.75, 3.05) is 157 Å². The lowest BCUT2D eigenvalue weighted by Crippen LogP contribution is -2.48. The molecular weight excluding hydrogens is 1140 g/mol. The first-order valence-electron chi connectivity index (χ1n) is 30.7. The van der Waals surface area contributed by atoms with Gasteiger partial charge in [0.2, 0.25) is 11.8 Å². The van der Waals surface area contributed by atoms with Gasteiger partial charge in [0.25, 0.3) is 0 Å². The summed E-state index contributed by atoms with van der Waals surface area (Å²) < 4.78 is 34.1. The van der Waals surface area contributed by atoms with Crippen LogP contribution in [0.1, 0.15) is 125 Å². The van der Waals surface area contributed by atoms with Gasteiger partial charge in [-0.3, -0.25) is 62.8 Å². The summed E-state index contributed by atoms with van der Waals surface area (Å²) >= 11 is 0. The van der Waals surface area contributed by atoms with Crippen molar-refractivity contribution >= 4 is 53.6 Å². The van der Waals surface area contributed by atoms with Crippen LogP contribution < -0.4 is 0 Å². The highest BCUT2D eigenvalue weighted by molar-refractivity contribution is 5.82. The lowest BCUT2D eigenvalue weighted by atomic mass is 10.1. The van der Waals surface area contributed by atoms with Crippen LogP contribution in [0.4, 0.5) is 0 Å². The molecule has 502 valence electrons.